The Balaban J connectivity index is 0.856. The van der Waals surface area contributed by atoms with E-state index >= 15 is 0 Å². The molecule has 0 unspecified atom stereocenters. The topological polar surface area (TPSA) is 16.3 Å². The number of rotatable bonds is 10. The highest BCUT2D eigenvalue weighted by molar-refractivity contribution is 6.12. The van der Waals surface area contributed by atoms with Crippen LogP contribution in [-0.4, -0.2) is 9.13 Å². The van der Waals surface area contributed by atoms with Crippen LogP contribution in [0.5, 0.6) is 0 Å². The van der Waals surface area contributed by atoms with E-state index < -0.39 is 0 Å². The molecule has 0 aliphatic rings. The SMILES string of the molecule is Fc1ccc(N(c2ccc(-c3cccc(-c4cccc(N(c5ccc(F)cc5)c5ccc6c(c5)c5ccccc5n6-c5ccc(F)cc5)c4)c3)cc2)c2ccc3c(c2)c2ccccc2n3-c2ccc(F)cc2)cc1. The molecule has 13 rings (SSSR count). The third kappa shape index (κ3) is 7.90. The van der Waals surface area contributed by atoms with Gasteiger partial charge in [-0.1, -0.05) is 78.9 Å². The van der Waals surface area contributed by atoms with Crippen LogP contribution < -0.4 is 9.80 Å². The Labute approximate surface area is 424 Å². The summed E-state index contributed by atoms with van der Waals surface area (Å²) in [4.78, 5) is 4.27. The minimum absolute atomic E-state index is 0.291. The highest BCUT2D eigenvalue weighted by Crippen LogP contribution is 2.43. The van der Waals surface area contributed by atoms with Gasteiger partial charge in [-0.3, -0.25) is 0 Å². The van der Waals surface area contributed by atoms with Crippen LogP contribution in [0.15, 0.2) is 255 Å². The van der Waals surface area contributed by atoms with Crippen molar-refractivity contribution < 1.29 is 17.6 Å². The average molecular weight is 967 g/mol. The Kier molecular flexibility index (Phi) is 10.9. The van der Waals surface area contributed by atoms with Gasteiger partial charge in [-0.15, -0.1) is 0 Å². The lowest BCUT2D eigenvalue weighted by Gasteiger charge is -2.26. The van der Waals surface area contributed by atoms with Crippen molar-refractivity contribution in [2.45, 2.75) is 0 Å². The number of aromatic nitrogens is 2. The van der Waals surface area contributed by atoms with Crippen LogP contribution in [0.2, 0.25) is 0 Å². The van der Waals surface area contributed by atoms with E-state index in [2.05, 4.69) is 146 Å². The molecule has 0 bridgehead atoms. The fourth-order valence-corrected chi connectivity index (χ4v) is 10.5. The first kappa shape index (κ1) is 44.3. The maximum absolute atomic E-state index is 14.5. The Hall–Kier alpha value is -9.66. The first-order chi connectivity index (χ1) is 36.3. The summed E-state index contributed by atoms with van der Waals surface area (Å²) < 4.78 is 61.4. The maximum Gasteiger partial charge on any atom is 0.123 e. The largest absolute Gasteiger partial charge is 0.310 e. The zero-order valence-electron chi connectivity index (χ0n) is 39.5. The lowest BCUT2D eigenvalue weighted by molar-refractivity contribution is 0.627. The summed E-state index contributed by atoms with van der Waals surface area (Å²) in [6, 6.07) is 80.5. The lowest BCUT2D eigenvalue weighted by atomic mass is 9.98. The van der Waals surface area contributed by atoms with Crippen molar-refractivity contribution in [2.75, 3.05) is 9.80 Å². The fourth-order valence-electron chi connectivity index (χ4n) is 10.5. The van der Waals surface area contributed by atoms with E-state index in [1.165, 1.54) is 48.5 Å². The number of hydrogen-bond donors (Lipinski definition) is 0. The van der Waals surface area contributed by atoms with Crippen molar-refractivity contribution in [1.29, 1.82) is 0 Å². The van der Waals surface area contributed by atoms with E-state index in [1.807, 2.05) is 30.3 Å². The van der Waals surface area contributed by atoms with Gasteiger partial charge in [-0.05, 0) is 198 Å². The number of anilines is 6. The molecular formula is C66H42F4N4. The molecular weight excluding hydrogens is 925 g/mol. The number of para-hydroxylation sites is 2. The minimum Gasteiger partial charge on any atom is -0.310 e. The van der Waals surface area contributed by atoms with Crippen molar-refractivity contribution in [2.24, 2.45) is 0 Å². The van der Waals surface area contributed by atoms with Gasteiger partial charge in [0.1, 0.15) is 23.3 Å². The lowest BCUT2D eigenvalue weighted by Crippen LogP contribution is -2.10. The molecule has 0 radical (unpaired) electrons. The smallest absolute Gasteiger partial charge is 0.123 e. The maximum atomic E-state index is 14.5. The van der Waals surface area contributed by atoms with Gasteiger partial charge in [0.15, 0.2) is 0 Å². The highest BCUT2D eigenvalue weighted by Gasteiger charge is 2.21. The number of benzene rings is 11. The van der Waals surface area contributed by atoms with Gasteiger partial charge in [0, 0.05) is 67.0 Å². The molecule has 2 heterocycles. The predicted molar refractivity (Wildman–Crippen MR) is 295 cm³/mol. The Bertz CT molecular complexity index is 4220. The average Bonchev–Trinajstić information content (AvgIpc) is 4.00. The van der Waals surface area contributed by atoms with Crippen LogP contribution in [0.25, 0.3) is 77.2 Å². The molecule has 0 amide bonds. The number of fused-ring (bicyclic) bond motifs is 6. The fraction of sp³-hybridized carbons (Fsp3) is 0. The summed E-state index contributed by atoms with van der Waals surface area (Å²) in [6.07, 6.45) is 0. The summed E-state index contributed by atoms with van der Waals surface area (Å²) in [6.45, 7) is 0. The normalized spacial score (nSPS) is 11.5. The van der Waals surface area contributed by atoms with E-state index in [9.17, 15) is 17.6 Å². The monoisotopic (exact) mass is 966 g/mol. The van der Waals surface area contributed by atoms with E-state index in [0.29, 0.717) is 0 Å². The third-order valence-corrected chi connectivity index (χ3v) is 13.9. The second-order valence-corrected chi connectivity index (χ2v) is 18.4. The molecule has 2 aromatic heterocycles. The molecule has 354 valence electrons. The second kappa shape index (κ2) is 18.2. The Morgan fingerprint density at radius 2 is 0.568 bits per heavy atom. The zero-order valence-corrected chi connectivity index (χ0v) is 39.5. The second-order valence-electron chi connectivity index (χ2n) is 18.4. The summed E-state index contributed by atoms with van der Waals surface area (Å²) in [7, 11) is 0. The molecule has 0 aliphatic heterocycles. The van der Waals surface area contributed by atoms with E-state index in [4.69, 9.17) is 0 Å². The van der Waals surface area contributed by atoms with Gasteiger partial charge >= 0.3 is 0 Å². The van der Waals surface area contributed by atoms with E-state index in [1.54, 1.807) is 48.5 Å². The van der Waals surface area contributed by atoms with Crippen molar-refractivity contribution in [3.8, 4) is 33.6 Å². The van der Waals surface area contributed by atoms with Crippen molar-refractivity contribution in [3.63, 3.8) is 0 Å². The van der Waals surface area contributed by atoms with E-state index in [0.717, 1.165) is 111 Å². The summed E-state index contributed by atoms with van der Waals surface area (Å²) >= 11 is 0. The van der Waals surface area contributed by atoms with Gasteiger partial charge in [-0.2, -0.15) is 0 Å². The zero-order chi connectivity index (χ0) is 49.9. The minimum atomic E-state index is -0.321. The van der Waals surface area contributed by atoms with Gasteiger partial charge < -0.3 is 18.9 Å². The number of halogens is 4. The van der Waals surface area contributed by atoms with Crippen molar-refractivity contribution >= 4 is 77.7 Å². The van der Waals surface area contributed by atoms with Crippen LogP contribution >= 0.6 is 0 Å². The molecule has 4 nitrogen and oxygen atoms in total. The number of nitrogens with zero attached hydrogens (tertiary/aromatic N) is 4. The molecule has 74 heavy (non-hydrogen) atoms. The summed E-state index contributed by atoms with van der Waals surface area (Å²) in [5.74, 6) is -1.22. The first-order valence-electron chi connectivity index (χ1n) is 24.3. The van der Waals surface area contributed by atoms with Crippen molar-refractivity contribution in [3.05, 3.63) is 278 Å². The van der Waals surface area contributed by atoms with Gasteiger partial charge in [0.05, 0.1) is 22.1 Å². The van der Waals surface area contributed by atoms with Gasteiger partial charge in [-0.25, -0.2) is 17.6 Å². The molecule has 0 atom stereocenters. The predicted octanol–water partition coefficient (Wildman–Crippen LogP) is 18.7. The Morgan fingerprint density at radius 1 is 0.230 bits per heavy atom. The van der Waals surface area contributed by atoms with Gasteiger partial charge in [0.25, 0.3) is 0 Å². The van der Waals surface area contributed by atoms with Crippen molar-refractivity contribution in [1.82, 2.24) is 9.13 Å². The quantitative estimate of drug-likeness (QED) is 0.127. The standard InChI is InChI=1S/C66H42F4N4/c67-47-17-27-52(28-18-47)71(57-35-37-65-61(41-57)59-11-1-3-13-63(59)73(65)54-31-21-49(69)22-32-54)51-25-15-43(16-26-51)44-7-5-8-45(39-44)46-9-6-10-56(40-46)72(53-29-19-48(68)20-30-53)58-36-38-66-62(42-58)60-12-2-4-14-64(60)74(66)55-33-23-50(70)24-34-55/h1-42H. The molecule has 8 heteroatoms. The van der Waals surface area contributed by atoms with Gasteiger partial charge in [0.2, 0.25) is 0 Å². The molecule has 0 aliphatic carbocycles. The molecule has 0 saturated heterocycles. The first-order valence-corrected chi connectivity index (χ1v) is 24.3. The summed E-state index contributed by atoms with van der Waals surface area (Å²) in [5.41, 5.74) is 14.9. The van der Waals surface area contributed by atoms with E-state index in [-0.39, 0.29) is 23.3 Å². The van der Waals surface area contributed by atoms with Crippen LogP contribution in [-0.2, 0) is 0 Å². The summed E-state index contributed by atoms with van der Waals surface area (Å²) in [5, 5.41) is 4.17. The Morgan fingerprint density at radius 3 is 1.04 bits per heavy atom. The molecule has 13 aromatic rings. The molecule has 11 aromatic carbocycles. The highest BCUT2D eigenvalue weighted by atomic mass is 19.1. The molecule has 0 spiro atoms. The number of hydrogen-bond acceptors (Lipinski definition) is 2. The third-order valence-electron chi connectivity index (χ3n) is 13.9. The molecule has 0 N–H and O–H groups in total. The van der Waals surface area contributed by atoms with Crippen LogP contribution in [0.1, 0.15) is 0 Å². The molecule has 0 saturated carbocycles. The van der Waals surface area contributed by atoms with Crippen LogP contribution in [0, 0.1) is 23.3 Å². The van der Waals surface area contributed by atoms with Crippen LogP contribution in [0.4, 0.5) is 51.7 Å². The van der Waals surface area contributed by atoms with Crippen LogP contribution in [0.3, 0.4) is 0 Å². The molecule has 0 fully saturated rings.